The Morgan fingerprint density at radius 2 is 2.09 bits per heavy atom. The summed E-state index contributed by atoms with van der Waals surface area (Å²) in [4.78, 5) is 18.2. The first-order chi connectivity index (χ1) is 10.7. The minimum atomic E-state index is -0.275. The minimum absolute atomic E-state index is 0.0244. The van der Waals surface area contributed by atoms with Crippen LogP contribution in [0.4, 0.5) is 10.6 Å². The van der Waals surface area contributed by atoms with Crippen LogP contribution in [-0.2, 0) is 11.3 Å². The van der Waals surface area contributed by atoms with Crippen LogP contribution in [0.15, 0.2) is 48.7 Å². The molecule has 0 spiro atoms. The molecule has 1 atom stereocenters. The van der Waals surface area contributed by atoms with E-state index in [4.69, 9.17) is 10.5 Å². The number of nitrogens with two attached hydrogens (primary N) is 1. The molecule has 0 bridgehead atoms. The lowest BCUT2D eigenvalue weighted by Gasteiger charge is -2.24. The molecule has 2 heterocycles. The number of nitrogen functional groups attached to an aromatic ring is 1. The lowest BCUT2D eigenvalue weighted by Crippen LogP contribution is -2.31. The summed E-state index contributed by atoms with van der Waals surface area (Å²) >= 11 is 0. The number of likely N-dealkylation sites (tertiary alicyclic amines) is 1. The molecule has 3 rings (SSSR count). The second kappa shape index (κ2) is 6.47. The van der Waals surface area contributed by atoms with E-state index in [1.165, 1.54) is 0 Å². The number of nitrogens with zero attached hydrogens (tertiary/aromatic N) is 2. The topological polar surface area (TPSA) is 68.5 Å². The maximum Gasteiger partial charge on any atom is 0.410 e. The number of benzene rings is 1. The normalized spacial score (nSPS) is 17.5. The number of aromatic nitrogens is 1. The summed E-state index contributed by atoms with van der Waals surface area (Å²) in [6.07, 6.45) is 3.35. The molecule has 114 valence electrons. The fraction of sp³-hybridized carbons (Fsp3) is 0.294. The molecular formula is C17H19N3O2. The van der Waals surface area contributed by atoms with E-state index in [0.29, 0.717) is 19.0 Å². The smallest absolute Gasteiger partial charge is 0.410 e. The van der Waals surface area contributed by atoms with E-state index in [1.807, 2.05) is 36.4 Å². The van der Waals surface area contributed by atoms with Crippen molar-refractivity contribution in [2.45, 2.75) is 25.5 Å². The standard InChI is InChI=1S/C17H19N3O2/c18-16-9-8-14(11-19-16)15-7-4-10-20(15)17(21)22-12-13-5-2-1-3-6-13/h1-3,5-6,8-9,11,15H,4,7,10,12H2,(H2,18,19)/t15-/m0/s1. The van der Waals surface area contributed by atoms with Crippen molar-refractivity contribution in [2.75, 3.05) is 12.3 Å². The lowest BCUT2D eigenvalue weighted by atomic mass is 10.1. The maximum atomic E-state index is 12.3. The number of hydrogen-bond acceptors (Lipinski definition) is 4. The maximum absolute atomic E-state index is 12.3. The minimum Gasteiger partial charge on any atom is -0.445 e. The predicted molar refractivity (Wildman–Crippen MR) is 84.0 cm³/mol. The molecule has 1 fully saturated rings. The summed E-state index contributed by atoms with van der Waals surface area (Å²) in [7, 11) is 0. The van der Waals surface area contributed by atoms with Gasteiger partial charge in [-0.15, -0.1) is 0 Å². The van der Waals surface area contributed by atoms with E-state index < -0.39 is 0 Å². The van der Waals surface area contributed by atoms with Gasteiger partial charge < -0.3 is 15.4 Å². The van der Waals surface area contributed by atoms with Gasteiger partial charge >= 0.3 is 6.09 Å². The Balaban J connectivity index is 1.65. The van der Waals surface area contributed by atoms with Gasteiger partial charge in [0.2, 0.25) is 0 Å². The first-order valence-corrected chi connectivity index (χ1v) is 7.43. The van der Waals surface area contributed by atoms with Crippen LogP contribution in [0.5, 0.6) is 0 Å². The fourth-order valence-electron chi connectivity index (χ4n) is 2.75. The van der Waals surface area contributed by atoms with E-state index in [9.17, 15) is 4.79 Å². The average Bonchev–Trinajstić information content (AvgIpc) is 3.04. The zero-order valence-electron chi connectivity index (χ0n) is 12.3. The van der Waals surface area contributed by atoms with E-state index in [1.54, 1.807) is 17.2 Å². The molecule has 1 saturated heterocycles. The predicted octanol–water partition coefficient (Wildman–Crippen LogP) is 3.14. The summed E-state index contributed by atoms with van der Waals surface area (Å²) in [5, 5.41) is 0. The third-order valence-corrected chi connectivity index (χ3v) is 3.89. The van der Waals surface area contributed by atoms with Crippen molar-refractivity contribution in [2.24, 2.45) is 0 Å². The van der Waals surface area contributed by atoms with Crippen LogP contribution in [0.2, 0.25) is 0 Å². The molecule has 1 aromatic heterocycles. The van der Waals surface area contributed by atoms with Crippen molar-refractivity contribution in [3.05, 3.63) is 59.8 Å². The number of pyridine rings is 1. The number of ether oxygens (including phenoxy) is 1. The van der Waals surface area contributed by atoms with Crippen molar-refractivity contribution in [3.63, 3.8) is 0 Å². The molecular weight excluding hydrogens is 278 g/mol. The van der Waals surface area contributed by atoms with Crippen LogP contribution in [0.25, 0.3) is 0 Å². The Kier molecular flexibility index (Phi) is 4.23. The van der Waals surface area contributed by atoms with Gasteiger partial charge in [0.25, 0.3) is 0 Å². The fourth-order valence-corrected chi connectivity index (χ4v) is 2.75. The van der Waals surface area contributed by atoms with Crippen molar-refractivity contribution in [1.82, 2.24) is 9.88 Å². The number of carbonyl (C=O) groups excluding carboxylic acids is 1. The summed E-state index contributed by atoms with van der Waals surface area (Å²) < 4.78 is 5.43. The van der Waals surface area contributed by atoms with Crippen LogP contribution >= 0.6 is 0 Å². The second-order valence-corrected chi connectivity index (χ2v) is 5.41. The molecule has 1 amide bonds. The average molecular weight is 297 g/mol. The summed E-state index contributed by atoms with van der Waals surface area (Å²) in [6.45, 7) is 1.01. The van der Waals surface area contributed by atoms with Crippen molar-refractivity contribution in [3.8, 4) is 0 Å². The van der Waals surface area contributed by atoms with Crippen LogP contribution < -0.4 is 5.73 Å². The van der Waals surface area contributed by atoms with E-state index >= 15 is 0 Å². The summed E-state index contributed by atoms with van der Waals surface area (Å²) in [6, 6.07) is 13.4. The third kappa shape index (κ3) is 3.19. The van der Waals surface area contributed by atoms with Gasteiger partial charge in [-0.1, -0.05) is 36.4 Å². The molecule has 22 heavy (non-hydrogen) atoms. The highest BCUT2D eigenvalue weighted by molar-refractivity contribution is 5.68. The largest absolute Gasteiger partial charge is 0.445 e. The number of carbonyl (C=O) groups is 1. The van der Waals surface area contributed by atoms with Crippen LogP contribution in [0.3, 0.4) is 0 Å². The molecule has 0 unspecified atom stereocenters. The van der Waals surface area contributed by atoms with Crippen LogP contribution in [-0.4, -0.2) is 22.5 Å². The molecule has 0 aliphatic carbocycles. The summed E-state index contributed by atoms with van der Waals surface area (Å²) in [5.74, 6) is 0.486. The van der Waals surface area contributed by atoms with Gasteiger partial charge in [0.15, 0.2) is 0 Å². The van der Waals surface area contributed by atoms with E-state index in [-0.39, 0.29) is 12.1 Å². The zero-order valence-corrected chi connectivity index (χ0v) is 12.3. The number of anilines is 1. The Bertz CT molecular complexity index is 628. The zero-order chi connectivity index (χ0) is 15.4. The Hall–Kier alpha value is -2.56. The highest BCUT2D eigenvalue weighted by Crippen LogP contribution is 2.32. The van der Waals surface area contributed by atoms with Crippen molar-refractivity contribution in [1.29, 1.82) is 0 Å². The van der Waals surface area contributed by atoms with Gasteiger partial charge in [0.1, 0.15) is 12.4 Å². The molecule has 0 saturated carbocycles. The molecule has 0 radical (unpaired) electrons. The van der Waals surface area contributed by atoms with Crippen LogP contribution in [0.1, 0.15) is 30.0 Å². The lowest BCUT2D eigenvalue weighted by molar-refractivity contribution is 0.0920. The first kappa shape index (κ1) is 14.4. The SMILES string of the molecule is Nc1ccc([C@@H]2CCCN2C(=O)OCc2ccccc2)cn1. The van der Waals surface area contributed by atoms with Crippen molar-refractivity contribution >= 4 is 11.9 Å². The molecule has 2 aromatic rings. The van der Waals surface area contributed by atoms with Gasteiger partial charge in [0.05, 0.1) is 6.04 Å². The molecule has 1 aromatic carbocycles. The van der Waals surface area contributed by atoms with Crippen LogP contribution in [0, 0.1) is 0 Å². The van der Waals surface area contributed by atoms with Gasteiger partial charge in [-0.25, -0.2) is 9.78 Å². The second-order valence-electron chi connectivity index (χ2n) is 5.41. The molecule has 1 aliphatic heterocycles. The Morgan fingerprint density at radius 1 is 1.27 bits per heavy atom. The Morgan fingerprint density at radius 3 is 2.82 bits per heavy atom. The van der Waals surface area contributed by atoms with Gasteiger partial charge in [-0.2, -0.15) is 0 Å². The Labute approximate surface area is 129 Å². The van der Waals surface area contributed by atoms with Crippen molar-refractivity contribution < 1.29 is 9.53 Å². The highest BCUT2D eigenvalue weighted by atomic mass is 16.6. The quantitative estimate of drug-likeness (QED) is 0.945. The highest BCUT2D eigenvalue weighted by Gasteiger charge is 2.31. The molecule has 5 nitrogen and oxygen atoms in total. The third-order valence-electron chi connectivity index (χ3n) is 3.89. The number of amides is 1. The molecule has 2 N–H and O–H groups in total. The monoisotopic (exact) mass is 297 g/mol. The first-order valence-electron chi connectivity index (χ1n) is 7.43. The molecule has 5 heteroatoms. The number of rotatable bonds is 3. The van der Waals surface area contributed by atoms with Gasteiger partial charge in [-0.05, 0) is 30.0 Å². The molecule has 1 aliphatic rings. The van der Waals surface area contributed by atoms with E-state index in [2.05, 4.69) is 4.98 Å². The van der Waals surface area contributed by atoms with Gasteiger partial charge in [0, 0.05) is 12.7 Å². The summed E-state index contributed by atoms with van der Waals surface area (Å²) in [5.41, 5.74) is 7.61. The van der Waals surface area contributed by atoms with Gasteiger partial charge in [-0.3, -0.25) is 0 Å². The van der Waals surface area contributed by atoms with E-state index in [0.717, 1.165) is 24.0 Å². The number of hydrogen-bond donors (Lipinski definition) is 1.